The average Bonchev–Trinajstić information content (AvgIpc) is 2.61. The third-order valence-corrected chi connectivity index (χ3v) is 4.00. The molecule has 122 valence electrons. The number of hydrogen-bond acceptors (Lipinski definition) is 3. The zero-order chi connectivity index (χ0) is 16.9. The van der Waals surface area contributed by atoms with Crippen molar-refractivity contribution in [3.05, 3.63) is 81.9 Å². The number of ether oxygens (including phenoxy) is 1. The fourth-order valence-electron chi connectivity index (χ4n) is 2.82. The third-order valence-electron chi connectivity index (χ3n) is 4.00. The summed E-state index contributed by atoms with van der Waals surface area (Å²) >= 11 is 0. The van der Waals surface area contributed by atoms with E-state index in [1.807, 2.05) is 42.5 Å². The van der Waals surface area contributed by atoms with Crippen LogP contribution in [0.1, 0.15) is 17.0 Å². The van der Waals surface area contributed by atoms with Crippen molar-refractivity contribution in [2.24, 2.45) is 0 Å². The van der Waals surface area contributed by atoms with Crippen molar-refractivity contribution >= 4 is 0 Å². The number of aromatic amines is 1. The predicted molar refractivity (Wildman–Crippen MR) is 95.4 cm³/mol. The van der Waals surface area contributed by atoms with Crippen molar-refractivity contribution in [2.45, 2.75) is 19.8 Å². The van der Waals surface area contributed by atoms with Crippen LogP contribution in [-0.2, 0) is 12.8 Å². The van der Waals surface area contributed by atoms with E-state index in [0.717, 1.165) is 17.7 Å². The molecule has 3 rings (SSSR count). The number of hydrogen-bond donors (Lipinski definition) is 1. The molecule has 0 radical (unpaired) electrons. The Labute approximate surface area is 141 Å². The number of nitrogens with zero attached hydrogens (tertiary/aromatic N) is 1. The first-order valence-electron chi connectivity index (χ1n) is 7.96. The Morgan fingerprint density at radius 3 is 2.46 bits per heavy atom. The highest BCUT2D eigenvalue weighted by molar-refractivity contribution is 5.69. The van der Waals surface area contributed by atoms with Crippen LogP contribution >= 0.6 is 0 Å². The molecular formula is C20H20N2O2. The smallest absolute Gasteiger partial charge is 0.254 e. The zero-order valence-electron chi connectivity index (χ0n) is 13.9. The van der Waals surface area contributed by atoms with Gasteiger partial charge < -0.3 is 9.72 Å². The molecular weight excluding hydrogens is 300 g/mol. The molecule has 1 aromatic heterocycles. The van der Waals surface area contributed by atoms with Crippen LogP contribution in [0.2, 0.25) is 0 Å². The van der Waals surface area contributed by atoms with Crippen LogP contribution in [0.15, 0.2) is 59.4 Å². The molecule has 0 saturated carbocycles. The number of nitrogens with one attached hydrogen (secondary N) is 1. The van der Waals surface area contributed by atoms with E-state index in [9.17, 15) is 4.79 Å². The SMILES string of the molecule is COc1ccccc1-c1nc(C)[nH]c(=O)c1CCc1ccccc1. The van der Waals surface area contributed by atoms with Crippen LogP contribution in [0.4, 0.5) is 0 Å². The molecule has 0 fully saturated rings. The van der Waals surface area contributed by atoms with Crippen LogP contribution in [0.3, 0.4) is 0 Å². The van der Waals surface area contributed by atoms with Crippen LogP contribution in [0, 0.1) is 6.92 Å². The first kappa shape index (κ1) is 16.0. The van der Waals surface area contributed by atoms with E-state index in [1.165, 1.54) is 5.56 Å². The summed E-state index contributed by atoms with van der Waals surface area (Å²) in [5.41, 5.74) is 3.35. The van der Waals surface area contributed by atoms with Gasteiger partial charge in [-0.2, -0.15) is 0 Å². The van der Waals surface area contributed by atoms with Crippen molar-refractivity contribution in [1.82, 2.24) is 9.97 Å². The third kappa shape index (κ3) is 3.38. The topological polar surface area (TPSA) is 55.0 Å². The Morgan fingerprint density at radius 2 is 1.71 bits per heavy atom. The van der Waals surface area contributed by atoms with E-state index in [2.05, 4.69) is 22.1 Å². The molecule has 0 spiro atoms. The van der Waals surface area contributed by atoms with Gasteiger partial charge in [-0.1, -0.05) is 42.5 Å². The van der Waals surface area contributed by atoms with Gasteiger partial charge in [-0.3, -0.25) is 4.79 Å². The van der Waals surface area contributed by atoms with Gasteiger partial charge in [-0.15, -0.1) is 0 Å². The highest BCUT2D eigenvalue weighted by Gasteiger charge is 2.15. The van der Waals surface area contributed by atoms with Crippen LogP contribution in [0.5, 0.6) is 5.75 Å². The molecule has 0 atom stereocenters. The van der Waals surface area contributed by atoms with Crippen LogP contribution in [0.25, 0.3) is 11.3 Å². The summed E-state index contributed by atoms with van der Waals surface area (Å²) in [4.78, 5) is 19.9. The molecule has 2 aromatic carbocycles. The number of rotatable bonds is 5. The quantitative estimate of drug-likeness (QED) is 0.782. The van der Waals surface area contributed by atoms with Gasteiger partial charge in [0.15, 0.2) is 0 Å². The van der Waals surface area contributed by atoms with Gasteiger partial charge in [0.1, 0.15) is 11.6 Å². The summed E-state index contributed by atoms with van der Waals surface area (Å²) in [5, 5.41) is 0. The Balaban J connectivity index is 2.04. The minimum atomic E-state index is -0.0839. The summed E-state index contributed by atoms with van der Waals surface area (Å²) in [6.07, 6.45) is 1.41. The van der Waals surface area contributed by atoms with Crippen molar-refractivity contribution in [1.29, 1.82) is 0 Å². The lowest BCUT2D eigenvalue weighted by Gasteiger charge is -2.12. The highest BCUT2D eigenvalue weighted by atomic mass is 16.5. The fraction of sp³-hybridized carbons (Fsp3) is 0.200. The zero-order valence-corrected chi connectivity index (χ0v) is 13.9. The summed E-state index contributed by atoms with van der Waals surface area (Å²) < 4.78 is 5.45. The summed E-state index contributed by atoms with van der Waals surface area (Å²) in [6.45, 7) is 1.79. The average molecular weight is 320 g/mol. The Hall–Kier alpha value is -2.88. The summed E-state index contributed by atoms with van der Waals surface area (Å²) in [7, 11) is 1.63. The molecule has 0 saturated heterocycles. The largest absolute Gasteiger partial charge is 0.496 e. The van der Waals surface area contributed by atoms with Gasteiger partial charge in [0.05, 0.1) is 12.8 Å². The lowest BCUT2D eigenvalue weighted by Crippen LogP contribution is -2.18. The predicted octanol–water partition coefficient (Wildman–Crippen LogP) is 3.54. The first-order chi connectivity index (χ1) is 11.7. The molecule has 4 nitrogen and oxygen atoms in total. The molecule has 0 bridgehead atoms. The lowest BCUT2D eigenvalue weighted by molar-refractivity contribution is 0.416. The Morgan fingerprint density at radius 1 is 1.00 bits per heavy atom. The highest BCUT2D eigenvalue weighted by Crippen LogP contribution is 2.30. The number of H-pyrrole nitrogens is 1. The molecule has 1 heterocycles. The minimum absolute atomic E-state index is 0.0839. The van der Waals surface area contributed by atoms with Crippen molar-refractivity contribution in [3.8, 4) is 17.0 Å². The van der Waals surface area contributed by atoms with Crippen LogP contribution < -0.4 is 10.3 Å². The lowest BCUT2D eigenvalue weighted by atomic mass is 10.00. The van der Waals surface area contributed by atoms with Crippen molar-refractivity contribution < 1.29 is 4.74 Å². The molecule has 0 aliphatic rings. The molecule has 0 aliphatic heterocycles. The number of methoxy groups -OCH3 is 1. The number of aryl methyl sites for hydroxylation is 2. The van der Waals surface area contributed by atoms with Gasteiger partial charge in [-0.25, -0.2) is 4.98 Å². The van der Waals surface area contributed by atoms with E-state index in [-0.39, 0.29) is 5.56 Å². The monoisotopic (exact) mass is 320 g/mol. The molecule has 3 aromatic rings. The van der Waals surface area contributed by atoms with Gasteiger partial charge in [0.2, 0.25) is 0 Å². The second kappa shape index (κ2) is 7.13. The second-order valence-corrected chi connectivity index (χ2v) is 5.66. The maximum atomic E-state index is 12.5. The van der Waals surface area contributed by atoms with E-state index in [0.29, 0.717) is 23.5 Å². The molecule has 4 heteroatoms. The first-order valence-corrected chi connectivity index (χ1v) is 7.96. The molecule has 0 unspecified atom stereocenters. The summed E-state index contributed by atoms with van der Waals surface area (Å²) in [6, 6.07) is 17.8. The number of para-hydroxylation sites is 1. The number of aromatic nitrogens is 2. The fourth-order valence-corrected chi connectivity index (χ4v) is 2.82. The van der Waals surface area contributed by atoms with E-state index in [4.69, 9.17) is 4.74 Å². The minimum Gasteiger partial charge on any atom is -0.496 e. The normalized spacial score (nSPS) is 10.6. The summed E-state index contributed by atoms with van der Waals surface area (Å²) in [5.74, 6) is 1.32. The van der Waals surface area contributed by atoms with E-state index < -0.39 is 0 Å². The van der Waals surface area contributed by atoms with E-state index >= 15 is 0 Å². The molecule has 24 heavy (non-hydrogen) atoms. The van der Waals surface area contributed by atoms with E-state index in [1.54, 1.807) is 14.0 Å². The maximum Gasteiger partial charge on any atom is 0.254 e. The maximum absolute atomic E-state index is 12.5. The number of benzene rings is 2. The molecule has 0 aliphatic carbocycles. The van der Waals surface area contributed by atoms with Crippen molar-refractivity contribution in [2.75, 3.05) is 7.11 Å². The van der Waals surface area contributed by atoms with Crippen molar-refractivity contribution in [3.63, 3.8) is 0 Å². The van der Waals surface area contributed by atoms with Gasteiger partial charge >= 0.3 is 0 Å². The van der Waals surface area contributed by atoms with Crippen LogP contribution in [-0.4, -0.2) is 17.1 Å². The molecule has 1 N–H and O–H groups in total. The standard InChI is InChI=1S/C20H20N2O2/c1-14-21-19(16-10-6-7-11-18(16)24-2)17(20(23)22-14)13-12-15-8-4-3-5-9-15/h3-11H,12-13H2,1-2H3,(H,21,22,23). The van der Waals surface area contributed by atoms with Gasteiger partial charge in [-0.05, 0) is 37.5 Å². The Kier molecular flexibility index (Phi) is 4.75. The second-order valence-electron chi connectivity index (χ2n) is 5.66. The Bertz CT molecular complexity index is 886. The molecule has 0 amide bonds. The van der Waals surface area contributed by atoms with Gasteiger partial charge in [0, 0.05) is 11.1 Å². The van der Waals surface area contributed by atoms with Gasteiger partial charge in [0.25, 0.3) is 5.56 Å².